The summed E-state index contributed by atoms with van der Waals surface area (Å²) in [6.07, 6.45) is 2.42. The number of piperidine rings is 1. The van der Waals surface area contributed by atoms with Crippen molar-refractivity contribution in [3.05, 3.63) is 0 Å². The molecule has 2 saturated heterocycles. The van der Waals surface area contributed by atoms with Gasteiger partial charge in [-0.2, -0.15) is 0 Å². The van der Waals surface area contributed by atoms with E-state index in [-0.39, 0.29) is 5.54 Å². The molecule has 4 nitrogen and oxygen atoms in total. The van der Waals surface area contributed by atoms with Gasteiger partial charge < -0.3 is 15.4 Å². The van der Waals surface area contributed by atoms with Crippen LogP contribution < -0.4 is 5.73 Å². The lowest BCUT2D eigenvalue weighted by Gasteiger charge is -2.52. The molecule has 0 radical (unpaired) electrons. The molecule has 2 N–H and O–H groups in total. The number of nitrogens with zero attached hydrogens (tertiary/aromatic N) is 2. The first-order valence-electron chi connectivity index (χ1n) is 6.99. The maximum atomic E-state index is 6.12. The van der Waals surface area contributed by atoms with Gasteiger partial charge in [0.1, 0.15) is 0 Å². The third-order valence-corrected chi connectivity index (χ3v) is 4.59. The molecule has 0 aromatic carbocycles. The second-order valence-corrected chi connectivity index (χ2v) is 5.48. The van der Waals surface area contributed by atoms with E-state index in [1.165, 1.54) is 32.5 Å². The average molecular weight is 241 g/mol. The Morgan fingerprint density at radius 2 is 2.00 bits per heavy atom. The highest BCUT2D eigenvalue weighted by atomic mass is 16.5. The van der Waals surface area contributed by atoms with Crippen LogP contribution in [0.4, 0.5) is 0 Å². The lowest BCUT2D eigenvalue weighted by molar-refractivity contribution is -0.0756. The molecule has 17 heavy (non-hydrogen) atoms. The van der Waals surface area contributed by atoms with Gasteiger partial charge in [-0.15, -0.1) is 0 Å². The van der Waals surface area contributed by atoms with E-state index in [2.05, 4.69) is 23.6 Å². The van der Waals surface area contributed by atoms with Crippen molar-refractivity contribution in [1.29, 1.82) is 0 Å². The number of likely N-dealkylation sites (tertiary alicyclic amines) is 1. The van der Waals surface area contributed by atoms with Gasteiger partial charge in [0.15, 0.2) is 0 Å². The van der Waals surface area contributed by atoms with E-state index < -0.39 is 0 Å². The summed E-state index contributed by atoms with van der Waals surface area (Å²) >= 11 is 0. The molecule has 0 aromatic rings. The third-order valence-electron chi connectivity index (χ3n) is 4.59. The van der Waals surface area contributed by atoms with E-state index in [9.17, 15) is 0 Å². The molecule has 0 aliphatic carbocycles. The van der Waals surface area contributed by atoms with E-state index in [1.54, 1.807) is 0 Å². The Kier molecular flexibility index (Phi) is 4.42. The second kappa shape index (κ2) is 5.65. The highest BCUT2D eigenvalue weighted by Gasteiger charge is 2.41. The molecule has 2 rings (SSSR count). The van der Waals surface area contributed by atoms with Crippen molar-refractivity contribution >= 4 is 0 Å². The van der Waals surface area contributed by atoms with Gasteiger partial charge in [0, 0.05) is 24.7 Å². The lowest BCUT2D eigenvalue weighted by Crippen LogP contribution is -2.64. The fraction of sp³-hybridized carbons (Fsp3) is 1.00. The maximum absolute atomic E-state index is 6.12. The number of ether oxygens (including phenoxy) is 1. The van der Waals surface area contributed by atoms with E-state index in [1.807, 2.05) is 0 Å². The minimum absolute atomic E-state index is 0.231. The van der Waals surface area contributed by atoms with Crippen molar-refractivity contribution in [2.45, 2.75) is 38.3 Å². The molecule has 0 saturated carbocycles. The van der Waals surface area contributed by atoms with Gasteiger partial charge in [-0.05, 0) is 39.4 Å². The predicted octanol–water partition coefficient (Wildman–Crippen LogP) is 0.520. The van der Waals surface area contributed by atoms with E-state index in [0.29, 0.717) is 6.04 Å². The van der Waals surface area contributed by atoms with Crippen LogP contribution in [-0.4, -0.2) is 67.3 Å². The molecule has 1 atom stereocenters. The predicted molar refractivity (Wildman–Crippen MR) is 70.1 cm³/mol. The molecule has 0 amide bonds. The fourth-order valence-corrected chi connectivity index (χ4v) is 3.33. The second-order valence-electron chi connectivity index (χ2n) is 5.48. The van der Waals surface area contributed by atoms with Gasteiger partial charge in [-0.1, -0.05) is 6.92 Å². The molecule has 2 heterocycles. The first kappa shape index (κ1) is 13.3. The summed E-state index contributed by atoms with van der Waals surface area (Å²) in [5.41, 5.74) is 6.35. The van der Waals surface area contributed by atoms with Crippen LogP contribution in [0.25, 0.3) is 0 Å². The Labute approximate surface area is 105 Å². The minimum Gasteiger partial charge on any atom is -0.379 e. The Balaban J connectivity index is 2.03. The first-order valence-corrected chi connectivity index (χ1v) is 6.99. The van der Waals surface area contributed by atoms with Crippen molar-refractivity contribution in [3.63, 3.8) is 0 Å². The summed E-state index contributed by atoms with van der Waals surface area (Å²) < 4.78 is 5.54. The number of rotatable bonds is 3. The normalized spacial score (nSPS) is 31.6. The molecule has 2 aliphatic heterocycles. The SMILES string of the molecule is CCN1CCC(CN)(N2CCOCC2C)CC1. The summed E-state index contributed by atoms with van der Waals surface area (Å²) in [4.78, 5) is 5.14. The summed E-state index contributed by atoms with van der Waals surface area (Å²) in [6, 6.07) is 0.514. The van der Waals surface area contributed by atoms with Crippen LogP contribution >= 0.6 is 0 Å². The van der Waals surface area contributed by atoms with Crippen LogP contribution in [0.3, 0.4) is 0 Å². The average Bonchev–Trinajstić information content (AvgIpc) is 2.39. The van der Waals surface area contributed by atoms with Crippen LogP contribution in [0.1, 0.15) is 26.7 Å². The largest absolute Gasteiger partial charge is 0.379 e. The molecular weight excluding hydrogens is 214 g/mol. The zero-order chi connectivity index (χ0) is 12.3. The van der Waals surface area contributed by atoms with Gasteiger partial charge in [-0.25, -0.2) is 0 Å². The highest BCUT2D eigenvalue weighted by molar-refractivity contribution is 4.98. The summed E-state index contributed by atoms with van der Waals surface area (Å²) in [5, 5.41) is 0. The van der Waals surface area contributed by atoms with Crippen molar-refractivity contribution < 1.29 is 4.74 Å². The quantitative estimate of drug-likeness (QED) is 0.782. The van der Waals surface area contributed by atoms with E-state index in [4.69, 9.17) is 10.5 Å². The topological polar surface area (TPSA) is 41.7 Å². The molecule has 1 unspecified atom stereocenters. The van der Waals surface area contributed by atoms with E-state index in [0.717, 1.165) is 26.3 Å². The molecule has 100 valence electrons. The third kappa shape index (κ3) is 2.65. The highest BCUT2D eigenvalue weighted by Crippen LogP contribution is 2.30. The molecule has 0 bridgehead atoms. The summed E-state index contributed by atoms with van der Waals surface area (Å²) in [5.74, 6) is 0. The maximum Gasteiger partial charge on any atom is 0.0620 e. The van der Waals surface area contributed by atoms with Crippen molar-refractivity contribution in [2.24, 2.45) is 5.73 Å². The molecule has 0 aromatic heterocycles. The van der Waals surface area contributed by atoms with Gasteiger partial charge >= 0.3 is 0 Å². The van der Waals surface area contributed by atoms with E-state index >= 15 is 0 Å². The molecule has 2 fully saturated rings. The van der Waals surface area contributed by atoms with Crippen molar-refractivity contribution in [3.8, 4) is 0 Å². The van der Waals surface area contributed by atoms with Crippen molar-refractivity contribution in [1.82, 2.24) is 9.80 Å². The summed E-state index contributed by atoms with van der Waals surface area (Å²) in [7, 11) is 0. The Morgan fingerprint density at radius 3 is 2.53 bits per heavy atom. The van der Waals surface area contributed by atoms with Crippen LogP contribution in [-0.2, 0) is 4.74 Å². The Hall–Kier alpha value is -0.160. The van der Waals surface area contributed by atoms with Gasteiger partial charge in [0.2, 0.25) is 0 Å². The number of morpholine rings is 1. The smallest absolute Gasteiger partial charge is 0.0620 e. The van der Waals surface area contributed by atoms with Crippen molar-refractivity contribution in [2.75, 3.05) is 45.9 Å². The molecule has 4 heteroatoms. The standard InChI is InChI=1S/C13H27N3O/c1-3-15-6-4-13(11-14,5-7-15)16-8-9-17-10-12(16)2/h12H,3-11,14H2,1-2H3. The number of nitrogens with two attached hydrogens (primary N) is 1. The first-order chi connectivity index (χ1) is 8.22. The molecule has 2 aliphatic rings. The molecule has 0 spiro atoms. The summed E-state index contributed by atoms with van der Waals surface area (Å²) in [6.45, 7) is 11.6. The number of hydrogen-bond donors (Lipinski definition) is 1. The van der Waals surface area contributed by atoms with Crippen LogP contribution in [0, 0.1) is 0 Å². The monoisotopic (exact) mass is 241 g/mol. The van der Waals surface area contributed by atoms with Crippen LogP contribution in [0.5, 0.6) is 0 Å². The van der Waals surface area contributed by atoms with Gasteiger partial charge in [0.05, 0.1) is 13.2 Å². The minimum atomic E-state index is 0.231. The molecular formula is C13H27N3O. The Morgan fingerprint density at radius 1 is 1.29 bits per heavy atom. The van der Waals surface area contributed by atoms with Gasteiger partial charge in [0.25, 0.3) is 0 Å². The number of hydrogen-bond acceptors (Lipinski definition) is 4. The van der Waals surface area contributed by atoms with Crippen LogP contribution in [0.15, 0.2) is 0 Å². The fourth-order valence-electron chi connectivity index (χ4n) is 3.33. The zero-order valence-electron chi connectivity index (χ0n) is 11.3. The van der Waals surface area contributed by atoms with Crippen LogP contribution in [0.2, 0.25) is 0 Å². The zero-order valence-corrected chi connectivity index (χ0v) is 11.3. The van der Waals surface area contributed by atoms with Gasteiger partial charge in [-0.3, -0.25) is 4.90 Å². The Bertz CT molecular complexity index is 239. The lowest BCUT2D eigenvalue weighted by atomic mass is 9.84.